The van der Waals surface area contributed by atoms with Crippen molar-refractivity contribution in [3.05, 3.63) is 0 Å². The van der Waals surface area contributed by atoms with Gasteiger partial charge < -0.3 is 0 Å². The Morgan fingerprint density at radius 2 is 1.86 bits per heavy atom. The van der Waals surface area contributed by atoms with Crippen LogP contribution in [0, 0.1) is 5.92 Å². The molecule has 0 saturated carbocycles. The van der Waals surface area contributed by atoms with Gasteiger partial charge in [-0.05, 0) is 25.7 Å². The molecule has 1 heterocycles. The molecule has 1 saturated heterocycles. The monoisotopic (exact) mass is 220 g/mol. The summed E-state index contributed by atoms with van der Waals surface area (Å²) in [6, 6.07) is 0.121. The van der Waals surface area contributed by atoms with Gasteiger partial charge in [-0.25, -0.2) is 0 Å². The lowest BCUT2D eigenvalue weighted by molar-refractivity contribution is 0.193. The molecule has 1 fully saturated rings. The van der Waals surface area contributed by atoms with Crippen LogP contribution in [0.4, 0.5) is 0 Å². The van der Waals surface area contributed by atoms with E-state index in [-0.39, 0.29) is 6.04 Å². The van der Waals surface area contributed by atoms with E-state index in [4.69, 9.17) is 0 Å². The zero-order valence-corrected chi connectivity index (χ0v) is 10.2. The van der Waals surface area contributed by atoms with Gasteiger partial charge in [0.1, 0.15) is 0 Å². The van der Waals surface area contributed by atoms with Crippen molar-refractivity contribution >= 4 is 10.2 Å². The molecular weight excluding hydrogens is 200 g/mol. The molecule has 0 aromatic heterocycles. The number of piperidine rings is 1. The van der Waals surface area contributed by atoms with Gasteiger partial charge in [0.2, 0.25) is 0 Å². The zero-order valence-electron chi connectivity index (χ0n) is 9.40. The Hall–Kier alpha value is -0.130. The molecule has 0 N–H and O–H groups in total. The molecule has 2 unspecified atom stereocenters. The zero-order chi connectivity index (χ0) is 10.9. The van der Waals surface area contributed by atoms with Crippen LogP contribution < -0.4 is 0 Å². The van der Waals surface area contributed by atoms with Gasteiger partial charge in [-0.15, -0.1) is 0 Å². The van der Waals surface area contributed by atoms with Crippen molar-refractivity contribution in [2.75, 3.05) is 20.6 Å². The highest BCUT2D eigenvalue weighted by Gasteiger charge is 2.34. The molecule has 0 spiro atoms. The molecule has 4 nitrogen and oxygen atoms in total. The number of nitrogens with zero attached hydrogens (tertiary/aromatic N) is 2. The molecule has 0 amide bonds. The fourth-order valence-corrected chi connectivity index (χ4v) is 3.24. The summed E-state index contributed by atoms with van der Waals surface area (Å²) < 4.78 is 26.7. The smallest absolute Gasteiger partial charge is 0.195 e. The second kappa shape index (κ2) is 4.16. The van der Waals surface area contributed by atoms with Crippen molar-refractivity contribution in [1.82, 2.24) is 8.61 Å². The van der Waals surface area contributed by atoms with Gasteiger partial charge in [0, 0.05) is 26.7 Å². The van der Waals surface area contributed by atoms with Gasteiger partial charge in [-0.2, -0.15) is 17.0 Å². The van der Waals surface area contributed by atoms with E-state index in [0.29, 0.717) is 12.5 Å². The minimum atomic E-state index is -3.22. The Balaban J connectivity index is 2.87. The fraction of sp³-hybridized carbons (Fsp3) is 1.00. The Morgan fingerprint density at radius 1 is 1.29 bits per heavy atom. The molecule has 2 atom stereocenters. The molecule has 0 bridgehead atoms. The van der Waals surface area contributed by atoms with Crippen LogP contribution in [0.3, 0.4) is 0 Å². The molecule has 0 aromatic carbocycles. The summed E-state index contributed by atoms with van der Waals surface area (Å²) in [5, 5.41) is 0. The van der Waals surface area contributed by atoms with Gasteiger partial charge in [0.15, 0.2) is 0 Å². The third-order valence-electron chi connectivity index (χ3n) is 3.07. The lowest BCUT2D eigenvalue weighted by Gasteiger charge is -2.37. The number of hydrogen-bond donors (Lipinski definition) is 0. The molecule has 0 aliphatic carbocycles. The van der Waals surface area contributed by atoms with Crippen LogP contribution >= 0.6 is 0 Å². The minimum Gasteiger partial charge on any atom is -0.195 e. The van der Waals surface area contributed by atoms with Crippen molar-refractivity contribution in [2.45, 2.75) is 32.7 Å². The second-order valence-electron chi connectivity index (χ2n) is 4.26. The first kappa shape index (κ1) is 11.9. The second-order valence-corrected chi connectivity index (χ2v) is 6.36. The third-order valence-corrected chi connectivity index (χ3v) is 5.10. The predicted octanol–water partition coefficient (Wildman–Crippen LogP) is 0.913. The minimum absolute atomic E-state index is 0.121. The summed E-state index contributed by atoms with van der Waals surface area (Å²) in [6.45, 7) is 4.76. The van der Waals surface area contributed by atoms with E-state index in [1.165, 1.54) is 4.31 Å². The van der Waals surface area contributed by atoms with E-state index < -0.39 is 10.2 Å². The highest BCUT2D eigenvalue weighted by Crippen LogP contribution is 2.25. The van der Waals surface area contributed by atoms with E-state index in [0.717, 1.165) is 12.8 Å². The molecule has 5 heteroatoms. The first-order valence-corrected chi connectivity index (χ1v) is 6.46. The summed E-state index contributed by atoms with van der Waals surface area (Å²) in [6.07, 6.45) is 2.10. The Labute approximate surface area is 87.1 Å². The van der Waals surface area contributed by atoms with Gasteiger partial charge >= 0.3 is 0 Å². The number of hydrogen-bond acceptors (Lipinski definition) is 2. The van der Waals surface area contributed by atoms with E-state index in [9.17, 15) is 8.42 Å². The van der Waals surface area contributed by atoms with Crippen LogP contribution in [0.25, 0.3) is 0 Å². The molecule has 14 heavy (non-hydrogen) atoms. The van der Waals surface area contributed by atoms with Crippen LogP contribution in [0.5, 0.6) is 0 Å². The third kappa shape index (κ3) is 2.10. The molecular formula is C9H20N2O2S. The van der Waals surface area contributed by atoms with Crippen LogP contribution in [0.1, 0.15) is 26.7 Å². The average Bonchev–Trinajstić information content (AvgIpc) is 2.09. The van der Waals surface area contributed by atoms with E-state index in [1.54, 1.807) is 18.4 Å². The summed E-state index contributed by atoms with van der Waals surface area (Å²) in [4.78, 5) is 0. The van der Waals surface area contributed by atoms with Gasteiger partial charge in [-0.1, -0.05) is 6.92 Å². The molecule has 1 rings (SSSR count). The normalized spacial score (nSPS) is 30.9. The van der Waals surface area contributed by atoms with Crippen LogP contribution in [-0.4, -0.2) is 43.7 Å². The maximum absolute atomic E-state index is 11.9. The summed E-state index contributed by atoms with van der Waals surface area (Å²) >= 11 is 0. The highest BCUT2D eigenvalue weighted by atomic mass is 32.2. The fourth-order valence-electron chi connectivity index (χ4n) is 1.83. The van der Waals surface area contributed by atoms with E-state index in [1.807, 2.05) is 6.92 Å². The average molecular weight is 220 g/mol. The highest BCUT2D eigenvalue weighted by molar-refractivity contribution is 7.86. The van der Waals surface area contributed by atoms with Crippen LogP contribution in [0.2, 0.25) is 0 Å². The molecule has 84 valence electrons. The number of rotatable bonds is 2. The van der Waals surface area contributed by atoms with Crippen molar-refractivity contribution < 1.29 is 8.42 Å². The Morgan fingerprint density at radius 3 is 2.36 bits per heavy atom. The maximum Gasteiger partial charge on any atom is 0.281 e. The van der Waals surface area contributed by atoms with E-state index in [2.05, 4.69) is 6.92 Å². The van der Waals surface area contributed by atoms with Crippen molar-refractivity contribution in [2.24, 2.45) is 5.92 Å². The SMILES string of the molecule is CC1CCCN(S(=O)(=O)N(C)C)C1C. The van der Waals surface area contributed by atoms with Crippen molar-refractivity contribution in [3.8, 4) is 0 Å². The Kier molecular flexibility index (Phi) is 3.55. The summed E-state index contributed by atoms with van der Waals surface area (Å²) in [5.74, 6) is 0.457. The van der Waals surface area contributed by atoms with Gasteiger partial charge in [-0.3, -0.25) is 0 Å². The molecule has 0 aromatic rings. The first-order chi connectivity index (χ1) is 6.37. The van der Waals surface area contributed by atoms with Crippen molar-refractivity contribution in [1.29, 1.82) is 0 Å². The van der Waals surface area contributed by atoms with Crippen LogP contribution in [0.15, 0.2) is 0 Å². The van der Waals surface area contributed by atoms with Crippen molar-refractivity contribution in [3.63, 3.8) is 0 Å². The molecule has 0 radical (unpaired) electrons. The topological polar surface area (TPSA) is 40.6 Å². The Bertz CT molecular complexity index is 287. The standard InChI is InChI=1S/C9H20N2O2S/c1-8-6-5-7-11(9(8)2)14(12,13)10(3)4/h8-9H,5-7H2,1-4H3. The van der Waals surface area contributed by atoms with Crippen LogP contribution in [-0.2, 0) is 10.2 Å². The largest absolute Gasteiger partial charge is 0.281 e. The molecule has 1 aliphatic heterocycles. The summed E-state index contributed by atoms with van der Waals surface area (Å²) in [5.41, 5.74) is 0. The predicted molar refractivity (Wildman–Crippen MR) is 57.2 cm³/mol. The quantitative estimate of drug-likeness (QED) is 0.694. The maximum atomic E-state index is 11.9. The lowest BCUT2D eigenvalue weighted by Crippen LogP contribution is -2.50. The van der Waals surface area contributed by atoms with E-state index >= 15 is 0 Å². The van der Waals surface area contributed by atoms with Gasteiger partial charge in [0.25, 0.3) is 10.2 Å². The molecule has 1 aliphatic rings. The van der Waals surface area contributed by atoms with Gasteiger partial charge in [0.05, 0.1) is 0 Å². The summed E-state index contributed by atoms with van der Waals surface area (Å²) in [7, 11) is -0.0461. The lowest BCUT2D eigenvalue weighted by atomic mass is 9.94. The first-order valence-electron chi connectivity index (χ1n) is 5.06.